The van der Waals surface area contributed by atoms with E-state index >= 15 is 0 Å². The quantitative estimate of drug-likeness (QED) is 0.810. The van der Waals surface area contributed by atoms with Crippen molar-refractivity contribution in [2.75, 3.05) is 18.8 Å². The van der Waals surface area contributed by atoms with E-state index in [1.165, 1.54) is 19.3 Å². The molecule has 8 heteroatoms. The summed E-state index contributed by atoms with van der Waals surface area (Å²) >= 11 is 3.29. The molecule has 2 saturated heterocycles. The van der Waals surface area contributed by atoms with Gasteiger partial charge >= 0.3 is 0 Å². The highest BCUT2D eigenvalue weighted by molar-refractivity contribution is 8.01. The lowest BCUT2D eigenvalue weighted by Crippen LogP contribution is -2.65. The third kappa shape index (κ3) is 4.15. The fraction of sp³-hybridized carbons (Fsp3) is 0.769. The number of thioether (sulfide) groups is 1. The van der Waals surface area contributed by atoms with Gasteiger partial charge in [-0.15, -0.1) is 10.2 Å². The summed E-state index contributed by atoms with van der Waals surface area (Å²) in [5, 5.41) is 15.7. The molecule has 3 heterocycles. The average molecular weight is 327 g/mol. The molecule has 3 rings (SSSR count). The molecule has 0 bridgehead atoms. The van der Waals surface area contributed by atoms with Crippen LogP contribution in [0.5, 0.6) is 0 Å². The van der Waals surface area contributed by atoms with Gasteiger partial charge in [0.1, 0.15) is 11.3 Å². The molecule has 2 aliphatic rings. The average Bonchev–Trinajstić information content (AvgIpc) is 2.91. The molecule has 2 atom stereocenters. The van der Waals surface area contributed by atoms with Gasteiger partial charge in [-0.2, -0.15) is 0 Å². The fourth-order valence-electron chi connectivity index (χ4n) is 2.75. The molecule has 2 aliphatic heterocycles. The van der Waals surface area contributed by atoms with Crippen molar-refractivity contribution in [2.45, 2.75) is 49.3 Å². The van der Waals surface area contributed by atoms with Crippen LogP contribution in [0.1, 0.15) is 30.7 Å². The molecule has 0 saturated carbocycles. The zero-order chi connectivity index (χ0) is 14.7. The molecule has 6 nitrogen and oxygen atoms in total. The van der Waals surface area contributed by atoms with Crippen LogP contribution in [-0.4, -0.2) is 52.2 Å². The van der Waals surface area contributed by atoms with Gasteiger partial charge in [-0.3, -0.25) is 15.0 Å². The first-order chi connectivity index (χ1) is 10.2. The minimum absolute atomic E-state index is 0.00620. The van der Waals surface area contributed by atoms with Crippen LogP contribution in [-0.2, 0) is 4.79 Å². The van der Waals surface area contributed by atoms with Crippen molar-refractivity contribution in [3.8, 4) is 0 Å². The number of aromatic nitrogens is 2. The molecule has 21 heavy (non-hydrogen) atoms. The topological polar surface area (TPSA) is 70.2 Å². The number of aryl methyl sites for hydroxylation is 1. The second-order valence-electron chi connectivity index (χ2n) is 5.53. The lowest BCUT2D eigenvalue weighted by Gasteiger charge is -2.40. The summed E-state index contributed by atoms with van der Waals surface area (Å²) in [5.74, 6) is 0.996. The monoisotopic (exact) mass is 327 g/mol. The Morgan fingerprint density at radius 3 is 2.86 bits per heavy atom. The van der Waals surface area contributed by atoms with Gasteiger partial charge in [0.05, 0.1) is 0 Å². The van der Waals surface area contributed by atoms with E-state index in [0.717, 1.165) is 28.2 Å². The van der Waals surface area contributed by atoms with Crippen LogP contribution in [0.15, 0.2) is 4.34 Å². The smallest absolute Gasteiger partial charge is 0.223 e. The Bertz CT molecular complexity index is 489. The molecule has 1 aromatic heterocycles. The van der Waals surface area contributed by atoms with E-state index in [1.54, 1.807) is 23.1 Å². The minimum Gasteiger partial charge on any atom is -0.328 e. The van der Waals surface area contributed by atoms with Crippen LogP contribution in [0.25, 0.3) is 0 Å². The molecule has 2 fully saturated rings. The Labute approximate surface area is 133 Å². The van der Waals surface area contributed by atoms with E-state index in [1.807, 2.05) is 6.92 Å². The third-order valence-corrected chi connectivity index (χ3v) is 5.93. The summed E-state index contributed by atoms with van der Waals surface area (Å²) in [4.78, 5) is 14.3. The maximum Gasteiger partial charge on any atom is 0.223 e. The van der Waals surface area contributed by atoms with Gasteiger partial charge in [-0.25, -0.2) is 0 Å². The van der Waals surface area contributed by atoms with E-state index < -0.39 is 0 Å². The van der Waals surface area contributed by atoms with E-state index in [2.05, 4.69) is 25.7 Å². The van der Waals surface area contributed by atoms with E-state index in [-0.39, 0.29) is 18.2 Å². The minimum atomic E-state index is -0.00620. The SMILES string of the molecule is Cc1nnc(SCC2CC(=O)NC(N3CCCCC3)N2)s1. The number of nitrogens with zero attached hydrogens (tertiary/aromatic N) is 3. The number of likely N-dealkylation sites (tertiary alicyclic amines) is 1. The van der Waals surface area contributed by atoms with Crippen LogP contribution in [0.3, 0.4) is 0 Å². The first-order valence-corrected chi connectivity index (χ1v) is 9.23. The number of piperidine rings is 1. The summed E-state index contributed by atoms with van der Waals surface area (Å²) in [6.45, 7) is 4.08. The lowest BCUT2D eigenvalue weighted by atomic mass is 10.1. The summed E-state index contributed by atoms with van der Waals surface area (Å²) in [5.41, 5.74) is 0. The molecule has 0 spiro atoms. The van der Waals surface area contributed by atoms with Crippen LogP contribution < -0.4 is 10.6 Å². The first-order valence-electron chi connectivity index (χ1n) is 7.43. The van der Waals surface area contributed by atoms with Crippen molar-refractivity contribution in [1.29, 1.82) is 0 Å². The molecular weight excluding hydrogens is 306 g/mol. The van der Waals surface area contributed by atoms with Gasteiger partial charge in [-0.05, 0) is 19.8 Å². The highest BCUT2D eigenvalue weighted by atomic mass is 32.2. The lowest BCUT2D eigenvalue weighted by molar-refractivity contribution is -0.126. The highest BCUT2D eigenvalue weighted by Crippen LogP contribution is 2.24. The molecule has 2 N–H and O–H groups in total. The summed E-state index contributed by atoms with van der Waals surface area (Å²) in [6, 6.07) is 0.194. The van der Waals surface area contributed by atoms with Crippen molar-refractivity contribution in [3.63, 3.8) is 0 Å². The van der Waals surface area contributed by atoms with Crippen LogP contribution in [0.4, 0.5) is 0 Å². The zero-order valence-electron chi connectivity index (χ0n) is 12.2. The summed E-state index contributed by atoms with van der Waals surface area (Å²) < 4.78 is 0.981. The van der Waals surface area contributed by atoms with Crippen molar-refractivity contribution in [3.05, 3.63) is 5.01 Å². The van der Waals surface area contributed by atoms with E-state index in [9.17, 15) is 4.79 Å². The number of carbonyl (C=O) groups excluding carboxylic acids is 1. The van der Waals surface area contributed by atoms with Crippen molar-refractivity contribution < 1.29 is 4.79 Å². The fourth-order valence-corrected chi connectivity index (χ4v) is 4.62. The van der Waals surface area contributed by atoms with Crippen molar-refractivity contribution in [1.82, 2.24) is 25.7 Å². The standard InChI is InChI=1S/C13H21N5OS2/c1-9-16-17-13(21-9)20-8-10-7-11(19)15-12(14-10)18-5-3-2-4-6-18/h10,12,14H,2-8H2,1H3,(H,15,19). The Morgan fingerprint density at radius 2 is 2.14 bits per heavy atom. The third-order valence-electron chi connectivity index (χ3n) is 3.79. The van der Waals surface area contributed by atoms with Crippen LogP contribution >= 0.6 is 23.1 Å². The Hall–Kier alpha value is -0.700. The van der Waals surface area contributed by atoms with Crippen LogP contribution in [0, 0.1) is 6.92 Å². The molecule has 1 aromatic rings. The maximum atomic E-state index is 11.9. The number of carbonyl (C=O) groups is 1. The van der Waals surface area contributed by atoms with E-state index in [4.69, 9.17) is 0 Å². The number of amides is 1. The van der Waals surface area contributed by atoms with Crippen molar-refractivity contribution >= 4 is 29.0 Å². The molecule has 1 amide bonds. The molecule has 2 unspecified atom stereocenters. The summed E-state index contributed by atoms with van der Waals surface area (Å²) in [7, 11) is 0. The molecular formula is C13H21N5OS2. The molecule has 116 valence electrons. The summed E-state index contributed by atoms with van der Waals surface area (Å²) in [6.07, 6.45) is 4.27. The zero-order valence-corrected chi connectivity index (χ0v) is 13.8. The number of hydrogen-bond donors (Lipinski definition) is 2. The predicted molar refractivity (Wildman–Crippen MR) is 84.3 cm³/mol. The van der Waals surface area contributed by atoms with Gasteiger partial charge in [0.25, 0.3) is 0 Å². The maximum absolute atomic E-state index is 11.9. The largest absolute Gasteiger partial charge is 0.328 e. The van der Waals surface area contributed by atoms with Gasteiger partial charge in [0.2, 0.25) is 5.91 Å². The number of rotatable bonds is 4. The van der Waals surface area contributed by atoms with E-state index in [0.29, 0.717) is 6.42 Å². The van der Waals surface area contributed by atoms with Crippen LogP contribution in [0.2, 0.25) is 0 Å². The second-order valence-corrected chi connectivity index (χ2v) is 7.98. The second kappa shape index (κ2) is 7.04. The van der Waals surface area contributed by atoms with Gasteiger partial charge in [-0.1, -0.05) is 29.5 Å². The predicted octanol–water partition coefficient (Wildman–Crippen LogP) is 1.19. The molecule has 0 aliphatic carbocycles. The van der Waals surface area contributed by atoms with Gasteiger partial charge in [0.15, 0.2) is 4.34 Å². The first kappa shape index (κ1) is 15.2. The number of nitrogens with one attached hydrogen (secondary N) is 2. The van der Waals surface area contributed by atoms with Gasteiger partial charge < -0.3 is 5.32 Å². The van der Waals surface area contributed by atoms with Crippen molar-refractivity contribution in [2.24, 2.45) is 0 Å². The number of hydrogen-bond acceptors (Lipinski definition) is 7. The molecule has 0 radical (unpaired) electrons. The molecule has 0 aromatic carbocycles. The normalized spacial score (nSPS) is 27.6. The highest BCUT2D eigenvalue weighted by Gasteiger charge is 2.30. The Kier molecular flexibility index (Phi) is 5.10. The van der Waals surface area contributed by atoms with Gasteiger partial charge in [0, 0.05) is 31.3 Å². The Morgan fingerprint density at radius 1 is 1.33 bits per heavy atom. The Balaban J connectivity index is 1.53.